The summed E-state index contributed by atoms with van der Waals surface area (Å²) >= 11 is 0. The Morgan fingerprint density at radius 2 is 2.33 bits per heavy atom. The van der Waals surface area contributed by atoms with E-state index in [1.54, 1.807) is 0 Å². The van der Waals surface area contributed by atoms with Crippen molar-refractivity contribution in [2.24, 2.45) is 5.92 Å². The molecule has 0 unspecified atom stereocenters. The number of hydrogen-bond donors (Lipinski definition) is 1. The van der Waals surface area contributed by atoms with Crippen LogP contribution in [-0.2, 0) is 0 Å². The quantitative estimate of drug-likeness (QED) is 0.521. The highest BCUT2D eigenvalue weighted by Crippen LogP contribution is 2.27. The highest BCUT2D eigenvalue weighted by atomic mass is 14.8. The van der Waals surface area contributed by atoms with Gasteiger partial charge in [0.2, 0.25) is 0 Å². The largest absolute Gasteiger partial charge is 0.315 e. The minimum atomic E-state index is 0.975. The van der Waals surface area contributed by atoms with E-state index in [2.05, 4.69) is 12.4 Å². The zero-order chi connectivity index (χ0) is 4.41. The Morgan fingerprint density at radius 3 is 2.50 bits per heavy atom. The lowest BCUT2D eigenvalue weighted by Gasteiger charge is -1.87. The van der Waals surface area contributed by atoms with Crippen LogP contribution in [0.5, 0.6) is 0 Å². The summed E-state index contributed by atoms with van der Waals surface area (Å²) in [6.07, 6.45) is 2.84. The van der Waals surface area contributed by atoms with Gasteiger partial charge in [0.05, 0.1) is 0 Å². The molecule has 0 aromatic rings. The van der Waals surface area contributed by atoms with Gasteiger partial charge in [-0.1, -0.05) is 0 Å². The van der Waals surface area contributed by atoms with E-state index in [9.17, 15) is 0 Å². The Morgan fingerprint density at radius 1 is 1.67 bits per heavy atom. The first-order valence-electron chi connectivity index (χ1n) is 2.43. The molecule has 1 fully saturated rings. The summed E-state index contributed by atoms with van der Waals surface area (Å²) in [6.45, 7) is 1.12. The van der Waals surface area contributed by atoms with Crippen LogP contribution in [-0.4, -0.2) is 6.54 Å². The lowest BCUT2D eigenvalue weighted by atomic mass is 10.4. The monoisotopic (exact) mass is 84.1 g/mol. The van der Waals surface area contributed by atoms with Gasteiger partial charge in [-0.15, -0.1) is 0 Å². The van der Waals surface area contributed by atoms with E-state index < -0.39 is 0 Å². The van der Waals surface area contributed by atoms with E-state index >= 15 is 0 Å². The minimum absolute atomic E-state index is 0.975. The summed E-state index contributed by atoms with van der Waals surface area (Å²) in [5.74, 6) is 0.975. The van der Waals surface area contributed by atoms with Crippen LogP contribution in [0.15, 0.2) is 0 Å². The van der Waals surface area contributed by atoms with Crippen molar-refractivity contribution >= 4 is 0 Å². The molecule has 0 aliphatic heterocycles. The Balaban J connectivity index is 1.88. The third-order valence-corrected chi connectivity index (χ3v) is 1.13. The third kappa shape index (κ3) is 0.977. The van der Waals surface area contributed by atoms with Gasteiger partial charge in [0.15, 0.2) is 0 Å². The van der Waals surface area contributed by atoms with E-state index in [1.165, 1.54) is 12.8 Å². The number of nitrogens with one attached hydrogen (secondary N) is 1. The van der Waals surface area contributed by atoms with Crippen molar-refractivity contribution in [2.45, 2.75) is 12.8 Å². The zero-order valence-corrected chi connectivity index (χ0v) is 3.91. The molecule has 0 aromatic carbocycles. The molecule has 0 spiro atoms. The van der Waals surface area contributed by atoms with Gasteiger partial charge in [0, 0.05) is 7.05 Å². The molecule has 1 heteroatoms. The van der Waals surface area contributed by atoms with Crippen LogP contribution >= 0.6 is 0 Å². The van der Waals surface area contributed by atoms with E-state index in [-0.39, 0.29) is 0 Å². The molecule has 1 radical (unpaired) electrons. The first kappa shape index (κ1) is 4.13. The Hall–Kier alpha value is -0.0400. The van der Waals surface area contributed by atoms with Gasteiger partial charge in [-0.05, 0) is 25.3 Å². The maximum Gasteiger partial charge on any atom is 0.00768 e. The standard InChI is InChI=1S/C5H10N/c1-6-4-5-2-3-5/h5-6H,1-4H2. The molecule has 0 bridgehead atoms. The van der Waals surface area contributed by atoms with E-state index in [0.29, 0.717) is 0 Å². The van der Waals surface area contributed by atoms with Gasteiger partial charge in [-0.3, -0.25) is 0 Å². The third-order valence-electron chi connectivity index (χ3n) is 1.13. The molecule has 1 N–H and O–H groups in total. The molecule has 1 nitrogen and oxygen atoms in total. The molecule has 6 heavy (non-hydrogen) atoms. The fourth-order valence-corrected chi connectivity index (χ4v) is 0.526. The molecule has 0 saturated heterocycles. The molecule has 0 heterocycles. The van der Waals surface area contributed by atoms with Crippen LogP contribution in [0.3, 0.4) is 0 Å². The Bertz CT molecular complexity index is 39.2. The highest BCUT2D eigenvalue weighted by molar-refractivity contribution is 4.74. The molecule has 35 valence electrons. The second-order valence-electron chi connectivity index (χ2n) is 1.90. The van der Waals surface area contributed by atoms with Crippen molar-refractivity contribution in [1.29, 1.82) is 0 Å². The van der Waals surface area contributed by atoms with Crippen molar-refractivity contribution in [3.8, 4) is 0 Å². The second-order valence-corrected chi connectivity index (χ2v) is 1.90. The molecule has 1 aliphatic rings. The molecular weight excluding hydrogens is 74.1 g/mol. The molecule has 1 aliphatic carbocycles. The van der Waals surface area contributed by atoms with Crippen LogP contribution in [0.4, 0.5) is 0 Å². The summed E-state index contributed by atoms with van der Waals surface area (Å²) in [6, 6.07) is 0. The molecule has 1 rings (SSSR count). The summed E-state index contributed by atoms with van der Waals surface area (Å²) in [5, 5.41) is 2.88. The fourth-order valence-electron chi connectivity index (χ4n) is 0.526. The van der Waals surface area contributed by atoms with Crippen molar-refractivity contribution in [2.75, 3.05) is 6.54 Å². The lowest BCUT2D eigenvalue weighted by molar-refractivity contribution is 0.745. The van der Waals surface area contributed by atoms with Gasteiger partial charge in [0.1, 0.15) is 0 Å². The molecule has 0 aromatic heterocycles. The van der Waals surface area contributed by atoms with Crippen LogP contribution in [0.1, 0.15) is 12.8 Å². The maximum atomic E-state index is 3.52. The smallest absolute Gasteiger partial charge is 0.00768 e. The topological polar surface area (TPSA) is 12.0 Å². The van der Waals surface area contributed by atoms with Gasteiger partial charge < -0.3 is 5.32 Å². The second kappa shape index (κ2) is 1.61. The summed E-state index contributed by atoms with van der Waals surface area (Å²) in [7, 11) is 3.52. The average molecular weight is 84.1 g/mol. The van der Waals surface area contributed by atoms with Crippen LogP contribution < -0.4 is 5.32 Å². The Labute approximate surface area is 38.7 Å². The van der Waals surface area contributed by atoms with Crippen LogP contribution in [0.25, 0.3) is 0 Å². The molecular formula is C5H10N. The normalized spacial score (nSPS) is 21.5. The predicted octanol–water partition coefficient (Wildman–Crippen LogP) is 0.778. The van der Waals surface area contributed by atoms with Gasteiger partial charge >= 0.3 is 0 Å². The van der Waals surface area contributed by atoms with Crippen LogP contribution in [0.2, 0.25) is 0 Å². The fraction of sp³-hybridized carbons (Fsp3) is 0.800. The van der Waals surface area contributed by atoms with E-state index in [4.69, 9.17) is 0 Å². The summed E-state index contributed by atoms with van der Waals surface area (Å²) in [5.41, 5.74) is 0. The van der Waals surface area contributed by atoms with Crippen molar-refractivity contribution in [3.63, 3.8) is 0 Å². The summed E-state index contributed by atoms with van der Waals surface area (Å²) < 4.78 is 0. The van der Waals surface area contributed by atoms with Crippen molar-refractivity contribution in [1.82, 2.24) is 5.32 Å². The lowest BCUT2D eigenvalue weighted by Crippen LogP contribution is -2.05. The highest BCUT2D eigenvalue weighted by Gasteiger charge is 2.19. The first-order valence-corrected chi connectivity index (χ1v) is 2.43. The van der Waals surface area contributed by atoms with E-state index in [0.717, 1.165) is 12.5 Å². The molecule has 0 atom stereocenters. The summed E-state index contributed by atoms with van der Waals surface area (Å²) in [4.78, 5) is 0. The van der Waals surface area contributed by atoms with Crippen molar-refractivity contribution < 1.29 is 0 Å². The minimum Gasteiger partial charge on any atom is -0.315 e. The van der Waals surface area contributed by atoms with Crippen molar-refractivity contribution in [3.05, 3.63) is 7.05 Å². The average Bonchev–Trinajstić information content (AvgIpc) is 2.21. The SMILES string of the molecule is [CH2]NCC1CC1. The maximum absolute atomic E-state index is 3.52. The number of hydrogen-bond acceptors (Lipinski definition) is 1. The molecule has 0 amide bonds. The predicted molar refractivity (Wildman–Crippen MR) is 26.1 cm³/mol. The molecule has 1 saturated carbocycles. The number of rotatable bonds is 2. The van der Waals surface area contributed by atoms with Gasteiger partial charge in [0.25, 0.3) is 0 Å². The first-order chi connectivity index (χ1) is 2.93. The zero-order valence-electron chi connectivity index (χ0n) is 3.91. The Kier molecular flexibility index (Phi) is 1.10. The van der Waals surface area contributed by atoms with Crippen LogP contribution in [0, 0.1) is 13.0 Å². The van der Waals surface area contributed by atoms with Gasteiger partial charge in [-0.2, -0.15) is 0 Å². The van der Waals surface area contributed by atoms with E-state index in [1.807, 2.05) is 0 Å². The van der Waals surface area contributed by atoms with Gasteiger partial charge in [-0.25, -0.2) is 0 Å².